The van der Waals surface area contributed by atoms with Crippen LogP contribution in [0.15, 0.2) is 27.4 Å². The summed E-state index contributed by atoms with van der Waals surface area (Å²) in [5.74, 6) is -2.13. The number of benzene rings is 1. The quantitative estimate of drug-likeness (QED) is 0.502. The molecule has 1 aliphatic carbocycles. The van der Waals surface area contributed by atoms with Crippen molar-refractivity contribution in [2.75, 3.05) is 13.2 Å². The Morgan fingerprint density at radius 1 is 1.16 bits per heavy atom. The van der Waals surface area contributed by atoms with E-state index in [0.29, 0.717) is 17.8 Å². The predicted octanol–water partition coefficient (Wildman–Crippen LogP) is 1.78. The molecule has 0 saturated heterocycles. The fourth-order valence-corrected chi connectivity index (χ4v) is 3.80. The molecule has 0 saturated carbocycles. The third kappa shape index (κ3) is 5.46. The molecule has 3 N–H and O–H groups in total. The summed E-state index contributed by atoms with van der Waals surface area (Å²) < 4.78 is 10.9. The molecule has 172 valence electrons. The van der Waals surface area contributed by atoms with E-state index in [4.69, 9.17) is 9.15 Å². The number of carboxylic acid groups (broad SMARTS) is 1. The largest absolute Gasteiger partial charge is 0.484 e. The summed E-state index contributed by atoms with van der Waals surface area (Å²) in [4.78, 5) is 47.5. The van der Waals surface area contributed by atoms with Crippen LogP contribution in [0, 0.1) is 5.92 Å². The van der Waals surface area contributed by atoms with Crippen LogP contribution in [0.2, 0.25) is 0 Å². The number of fused-ring (bicyclic) bond motifs is 3. The summed E-state index contributed by atoms with van der Waals surface area (Å²) in [5.41, 5.74) is 1.85. The Bertz CT molecular complexity index is 1080. The van der Waals surface area contributed by atoms with Gasteiger partial charge in [-0.15, -0.1) is 0 Å². The Kier molecular flexibility index (Phi) is 7.50. The van der Waals surface area contributed by atoms with E-state index >= 15 is 0 Å². The second-order valence-electron chi connectivity index (χ2n) is 8.05. The molecule has 0 aliphatic heterocycles. The van der Waals surface area contributed by atoms with Gasteiger partial charge >= 0.3 is 11.6 Å². The fraction of sp³-hybridized carbons (Fsp3) is 0.478. The molecule has 2 aromatic rings. The van der Waals surface area contributed by atoms with Crippen LogP contribution in [0.4, 0.5) is 0 Å². The number of hydrogen-bond acceptors (Lipinski definition) is 6. The van der Waals surface area contributed by atoms with Crippen LogP contribution >= 0.6 is 0 Å². The molecular weight excluding hydrogens is 416 g/mol. The highest BCUT2D eigenvalue weighted by Gasteiger charge is 2.25. The summed E-state index contributed by atoms with van der Waals surface area (Å²) in [6.07, 6.45) is 4.16. The van der Waals surface area contributed by atoms with Crippen LogP contribution in [0.25, 0.3) is 11.0 Å². The van der Waals surface area contributed by atoms with Crippen LogP contribution in [0.3, 0.4) is 0 Å². The first-order chi connectivity index (χ1) is 15.3. The number of rotatable bonds is 9. The normalized spacial score (nSPS) is 14.8. The zero-order valence-electron chi connectivity index (χ0n) is 18.2. The zero-order chi connectivity index (χ0) is 23.3. The average Bonchev–Trinajstić information content (AvgIpc) is 2.79. The monoisotopic (exact) mass is 444 g/mol. The lowest BCUT2D eigenvalue weighted by Crippen LogP contribution is -2.48. The van der Waals surface area contributed by atoms with Gasteiger partial charge in [0.2, 0.25) is 5.91 Å². The lowest BCUT2D eigenvalue weighted by atomic mass is 9.91. The number of amides is 2. The minimum atomic E-state index is -1.12. The van der Waals surface area contributed by atoms with Gasteiger partial charge in [0.25, 0.3) is 5.91 Å². The molecular formula is C23H28N2O7. The van der Waals surface area contributed by atoms with Crippen molar-refractivity contribution in [2.45, 2.75) is 52.0 Å². The Morgan fingerprint density at radius 2 is 1.88 bits per heavy atom. The van der Waals surface area contributed by atoms with Gasteiger partial charge in [-0.1, -0.05) is 20.3 Å². The number of nitrogens with one attached hydrogen (secondary N) is 2. The van der Waals surface area contributed by atoms with Crippen LogP contribution in [0.1, 0.15) is 44.2 Å². The number of carbonyl (C=O) groups is 3. The van der Waals surface area contributed by atoms with Gasteiger partial charge in [0, 0.05) is 17.0 Å². The Hall–Kier alpha value is -3.36. The van der Waals surface area contributed by atoms with Crippen molar-refractivity contribution in [3.05, 3.63) is 39.7 Å². The maximum Gasteiger partial charge on any atom is 0.339 e. The zero-order valence-corrected chi connectivity index (χ0v) is 18.2. The maximum atomic E-state index is 12.2. The van der Waals surface area contributed by atoms with E-state index in [0.717, 1.165) is 42.2 Å². The van der Waals surface area contributed by atoms with Crippen molar-refractivity contribution < 1.29 is 28.6 Å². The van der Waals surface area contributed by atoms with Crippen molar-refractivity contribution >= 4 is 28.8 Å². The molecule has 0 radical (unpaired) electrons. The van der Waals surface area contributed by atoms with Crippen LogP contribution < -0.4 is 21.0 Å². The van der Waals surface area contributed by atoms with Crippen LogP contribution in [-0.2, 0) is 27.2 Å². The highest BCUT2D eigenvalue weighted by atomic mass is 16.5. The lowest BCUT2D eigenvalue weighted by molar-refractivity contribution is -0.143. The molecule has 0 spiro atoms. The van der Waals surface area contributed by atoms with E-state index < -0.39 is 23.8 Å². The molecule has 2 amide bonds. The highest BCUT2D eigenvalue weighted by molar-refractivity contribution is 5.88. The van der Waals surface area contributed by atoms with Gasteiger partial charge in [-0.25, -0.2) is 9.59 Å². The SMILES string of the molecule is CCC(C)C(NC(=O)CNC(=O)COc1ccc2c3c(c(=O)oc2c1)CCCC3)C(=O)O. The molecule has 1 aliphatic rings. The minimum absolute atomic E-state index is 0.242. The number of aliphatic carboxylic acids is 1. The van der Waals surface area contributed by atoms with Gasteiger partial charge in [-0.05, 0) is 49.3 Å². The first-order valence-electron chi connectivity index (χ1n) is 10.8. The van der Waals surface area contributed by atoms with E-state index in [1.165, 1.54) is 0 Å². The summed E-state index contributed by atoms with van der Waals surface area (Å²) in [5, 5.41) is 14.9. The third-order valence-corrected chi connectivity index (χ3v) is 5.81. The average molecular weight is 444 g/mol. The molecule has 3 rings (SSSR count). The smallest absolute Gasteiger partial charge is 0.339 e. The topological polar surface area (TPSA) is 135 Å². The summed E-state index contributed by atoms with van der Waals surface area (Å²) in [6.45, 7) is 2.86. The van der Waals surface area contributed by atoms with E-state index in [2.05, 4.69) is 10.6 Å². The third-order valence-electron chi connectivity index (χ3n) is 5.81. The summed E-state index contributed by atoms with van der Waals surface area (Å²) in [7, 11) is 0. The highest BCUT2D eigenvalue weighted by Crippen LogP contribution is 2.29. The number of ether oxygens (including phenoxy) is 1. The van der Waals surface area contributed by atoms with Crippen molar-refractivity contribution in [3.63, 3.8) is 0 Å². The predicted molar refractivity (Wildman–Crippen MR) is 117 cm³/mol. The number of carboxylic acids is 1. The minimum Gasteiger partial charge on any atom is -0.484 e. The van der Waals surface area contributed by atoms with Crippen molar-refractivity contribution in [1.82, 2.24) is 10.6 Å². The van der Waals surface area contributed by atoms with E-state index in [1.807, 2.05) is 13.0 Å². The van der Waals surface area contributed by atoms with E-state index in [9.17, 15) is 24.3 Å². The van der Waals surface area contributed by atoms with Gasteiger partial charge < -0.3 is 24.9 Å². The molecule has 0 fully saturated rings. The summed E-state index contributed by atoms with van der Waals surface area (Å²) in [6, 6.07) is 4.10. The van der Waals surface area contributed by atoms with E-state index in [-0.39, 0.29) is 24.7 Å². The Balaban J connectivity index is 1.55. The lowest BCUT2D eigenvalue weighted by Gasteiger charge is -2.20. The van der Waals surface area contributed by atoms with E-state index in [1.54, 1.807) is 19.1 Å². The number of hydrogen-bond donors (Lipinski definition) is 3. The van der Waals surface area contributed by atoms with Crippen molar-refractivity contribution in [2.24, 2.45) is 5.92 Å². The van der Waals surface area contributed by atoms with Gasteiger partial charge in [0.05, 0.1) is 6.54 Å². The molecule has 2 unspecified atom stereocenters. The molecule has 1 aromatic carbocycles. The van der Waals surface area contributed by atoms with Crippen molar-refractivity contribution in [3.8, 4) is 5.75 Å². The molecule has 1 aromatic heterocycles. The van der Waals surface area contributed by atoms with Gasteiger partial charge in [-0.2, -0.15) is 0 Å². The second kappa shape index (κ2) is 10.3. The second-order valence-corrected chi connectivity index (χ2v) is 8.05. The summed E-state index contributed by atoms with van der Waals surface area (Å²) >= 11 is 0. The molecule has 0 bridgehead atoms. The van der Waals surface area contributed by atoms with Gasteiger partial charge in [0.15, 0.2) is 6.61 Å². The molecule has 2 atom stereocenters. The Labute approximate surface area is 185 Å². The Morgan fingerprint density at radius 3 is 2.56 bits per heavy atom. The standard InChI is InChI=1S/C23H28N2O7/c1-3-13(2)21(22(28)29)25-19(26)11-24-20(27)12-31-14-8-9-16-15-6-4-5-7-17(15)23(30)32-18(16)10-14/h8-10,13,21H,3-7,11-12H2,1-2H3,(H,24,27)(H,25,26)(H,28,29). The number of aryl methyl sites for hydroxylation is 1. The van der Waals surface area contributed by atoms with Gasteiger partial charge in [0.1, 0.15) is 17.4 Å². The molecule has 9 heteroatoms. The first-order valence-corrected chi connectivity index (χ1v) is 10.8. The maximum absolute atomic E-state index is 12.2. The molecule has 1 heterocycles. The fourth-order valence-electron chi connectivity index (χ4n) is 3.80. The molecule has 9 nitrogen and oxygen atoms in total. The van der Waals surface area contributed by atoms with Crippen LogP contribution in [-0.4, -0.2) is 42.1 Å². The van der Waals surface area contributed by atoms with Crippen molar-refractivity contribution in [1.29, 1.82) is 0 Å². The first kappa shape index (κ1) is 23.3. The van der Waals surface area contributed by atoms with Gasteiger partial charge in [-0.3, -0.25) is 9.59 Å². The number of carbonyl (C=O) groups excluding carboxylic acids is 2. The molecule has 32 heavy (non-hydrogen) atoms. The van der Waals surface area contributed by atoms with Crippen LogP contribution in [0.5, 0.6) is 5.75 Å².